The number of likely N-dealkylation sites (N-methyl/N-ethyl adjacent to an activating group) is 1. The van der Waals surface area contributed by atoms with Gasteiger partial charge in [0, 0.05) is 25.7 Å². The molecule has 1 aliphatic heterocycles. The third-order valence-electron chi connectivity index (χ3n) is 5.08. The van der Waals surface area contributed by atoms with E-state index in [-0.39, 0.29) is 23.3 Å². The second-order valence-electron chi connectivity index (χ2n) is 7.42. The summed E-state index contributed by atoms with van der Waals surface area (Å²) >= 11 is 0. The highest BCUT2D eigenvalue weighted by Crippen LogP contribution is 2.26. The molecule has 0 unspecified atom stereocenters. The Kier molecular flexibility index (Phi) is 7.23. The average Bonchev–Trinajstić information content (AvgIpc) is 2.91. The fourth-order valence-electron chi connectivity index (χ4n) is 3.40. The summed E-state index contributed by atoms with van der Waals surface area (Å²) in [6.45, 7) is 0.238. The summed E-state index contributed by atoms with van der Waals surface area (Å²) in [6.07, 6.45) is 3.34. The molecule has 2 amide bonds. The maximum absolute atomic E-state index is 12.9. The Hall–Kier alpha value is -2.71. The molecule has 7 nitrogen and oxygen atoms in total. The zero-order valence-electron chi connectivity index (χ0n) is 17.1. The van der Waals surface area contributed by atoms with Gasteiger partial charge in [-0.05, 0) is 55.0 Å². The van der Waals surface area contributed by atoms with Gasteiger partial charge >= 0.3 is 0 Å². The summed E-state index contributed by atoms with van der Waals surface area (Å²) in [6, 6.07) is 14.7. The number of sulfonamides is 1. The van der Waals surface area contributed by atoms with E-state index >= 15 is 0 Å². The molecule has 0 aliphatic carbocycles. The van der Waals surface area contributed by atoms with Crippen molar-refractivity contribution < 1.29 is 18.0 Å². The van der Waals surface area contributed by atoms with Crippen LogP contribution in [0.4, 0.5) is 5.69 Å². The standard InChI is InChI=1S/C22H27N3O4S/c1-25(16-22(27)23-14-6-9-17-7-3-2-4-8-17)30(28,29)19-12-13-20-18(15-19)10-5-11-21(26)24-20/h2-4,7-8,12-13,15H,5-6,9-11,14,16H2,1H3,(H,23,27)(H,24,26). The molecule has 0 aromatic heterocycles. The van der Waals surface area contributed by atoms with Crippen LogP contribution in [0.25, 0.3) is 0 Å². The molecular formula is C22H27N3O4S. The van der Waals surface area contributed by atoms with Gasteiger partial charge < -0.3 is 10.6 Å². The average molecular weight is 430 g/mol. The van der Waals surface area contributed by atoms with Crippen molar-refractivity contribution in [3.05, 3.63) is 59.7 Å². The first-order valence-corrected chi connectivity index (χ1v) is 11.5. The Balaban J connectivity index is 1.55. The lowest BCUT2D eigenvalue weighted by Gasteiger charge is -2.18. The normalized spacial score (nSPS) is 14.0. The van der Waals surface area contributed by atoms with Crippen LogP contribution in [0, 0.1) is 0 Å². The minimum absolute atomic E-state index is 0.0644. The van der Waals surface area contributed by atoms with Crippen LogP contribution in [0.15, 0.2) is 53.4 Å². The van der Waals surface area contributed by atoms with E-state index in [4.69, 9.17) is 0 Å². The summed E-state index contributed by atoms with van der Waals surface area (Å²) in [4.78, 5) is 24.0. The van der Waals surface area contributed by atoms with Gasteiger partial charge in [-0.3, -0.25) is 9.59 Å². The second-order valence-corrected chi connectivity index (χ2v) is 9.47. The Bertz CT molecular complexity index is 1010. The molecule has 0 bridgehead atoms. The van der Waals surface area contributed by atoms with Gasteiger partial charge in [0.1, 0.15) is 0 Å². The molecule has 0 saturated heterocycles. The number of aryl methyl sites for hydroxylation is 2. The molecule has 1 aliphatic rings. The van der Waals surface area contributed by atoms with Gasteiger partial charge in [0.25, 0.3) is 0 Å². The van der Waals surface area contributed by atoms with Crippen molar-refractivity contribution in [3.63, 3.8) is 0 Å². The van der Waals surface area contributed by atoms with Crippen molar-refractivity contribution in [3.8, 4) is 0 Å². The Morgan fingerprint density at radius 3 is 2.67 bits per heavy atom. The van der Waals surface area contributed by atoms with Crippen molar-refractivity contribution in [1.82, 2.24) is 9.62 Å². The molecule has 3 rings (SSSR count). The van der Waals surface area contributed by atoms with E-state index in [0.717, 1.165) is 22.7 Å². The maximum Gasteiger partial charge on any atom is 0.243 e. The first-order valence-electron chi connectivity index (χ1n) is 10.1. The van der Waals surface area contributed by atoms with Gasteiger partial charge in [-0.1, -0.05) is 30.3 Å². The van der Waals surface area contributed by atoms with Crippen molar-refractivity contribution in [1.29, 1.82) is 0 Å². The lowest BCUT2D eigenvalue weighted by atomic mass is 10.1. The second kappa shape index (κ2) is 9.86. The molecule has 0 atom stereocenters. The van der Waals surface area contributed by atoms with Crippen LogP contribution in [0.3, 0.4) is 0 Å². The molecular weight excluding hydrogens is 402 g/mol. The van der Waals surface area contributed by atoms with E-state index in [1.165, 1.54) is 18.7 Å². The molecule has 160 valence electrons. The zero-order valence-corrected chi connectivity index (χ0v) is 17.9. The number of hydrogen-bond donors (Lipinski definition) is 2. The summed E-state index contributed by atoms with van der Waals surface area (Å²) in [7, 11) is -2.41. The van der Waals surface area contributed by atoms with Gasteiger partial charge in [0.15, 0.2) is 0 Å². The summed E-state index contributed by atoms with van der Waals surface area (Å²) in [5, 5.41) is 5.57. The number of fused-ring (bicyclic) bond motifs is 1. The van der Waals surface area contributed by atoms with Crippen LogP contribution >= 0.6 is 0 Å². The van der Waals surface area contributed by atoms with E-state index in [1.54, 1.807) is 12.1 Å². The molecule has 0 radical (unpaired) electrons. The van der Waals surface area contributed by atoms with Gasteiger partial charge in [0.2, 0.25) is 21.8 Å². The van der Waals surface area contributed by atoms with Gasteiger partial charge in [-0.15, -0.1) is 0 Å². The van der Waals surface area contributed by atoms with Crippen molar-refractivity contribution in [2.75, 3.05) is 25.5 Å². The smallest absolute Gasteiger partial charge is 0.243 e. The first-order chi connectivity index (χ1) is 14.4. The lowest BCUT2D eigenvalue weighted by Crippen LogP contribution is -2.38. The Labute approximate surface area is 177 Å². The SMILES string of the molecule is CN(CC(=O)NCCCc1ccccc1)S(=O)(=O)c1ccc2c(c1)CCCC(=O)N2. The first kappa shape index (κ1) is 22.0. The monoisotopic (exact) mass is 429 g/mol. The van der Waals surface area contributed by atoms with Gasteiger partial charge in [0.05, 0.1) is 11.4 Å². The fourth-order valence-corrected chi connectivity index (χ4v) is 4.58. The van der Waals surface area contributed by atoms with Crippen LogP contribution < -0.4 is 10.6 Å². The highest BCUT2D eigenvalue weighted by molar-refractivity contribution is 7.89. The highest BCUT2D eigenvalue weighted by atomic mass is 32.2. The van der Waals surface area contributed by atoms with Crippen molar-refractivity contribution in [2.24, 2.45) is 0 Å². The van der Waals surface area contributed by atoms with E-state index in [9.17, 15) is 18.0 Å². The molecule has 30 heavy (non-hydrogen) atoms. The fraction of sp³-hybridized carbons (Fsp3) is 0.364. The largest absolute Gasteiger partial charge is 0.355 e. The number of amides is 2. The third-order valence-corrected chi connectivity index (χ3v) is 6.88. The highest BCUT2D eigenvalue weighted by Gasteiger charge is 2.24. The number of rotatable bonds is 8. The molecule has 2 aromatic carbocycles. The van der Waals surface area contributed by atoms with Crippen LogP contribution in [0.5, 0.6) is 0 Å². The van der Waals surface area contributed by atoms with Crippen molar-refractivity contribution in [2.45, 2.75) is 37.0 Å². The number of benzene rings is 2. The summed E-state index contributed by atoms with van der Waals surface area (Å²) in [5.41, 5.74) is 2.64. The van der Waals surface area contributed by atoms with E-state index in [2.05, 4.69) is 10.6 Å². The number of nitrogens with zero attached hydrogens (tertiary/aromatic N) is 1. The van der Waals surface area contributed by atoms with Gasteiger partial charge in [-0.25, -0.2) is 8.42 Å². The molecule has 2 N–H and O–H groups in total. The number of carbonyl (C=O) groups is 2. The van der Waals surface area contributed by atoms with Crippen LogP contribution in [0.2, 0.25) is 0 Å². The Morgan fingerprint density at radius 2 is 1.90 bits per heavy atom. The maximum atomic E-state index is 12.9. The molecule has 8 heteroatoms. The predicted octanol–water partition coefficient (Wildman–Crippen LogP) is 2.33. The quantitative estimate of drug-likeness (QED) is 0.630. The third kappa shape index (κ3) is 5.67. The number of nitrogens with one attached hydrogen (secondary N) is 2. The van der Waals surface area contributed by atoms with Crippen LogP contribution in [-0.4, -0.2) is 44.7 Å². The molecule has 0 fully saturated rings. The minimum Gasteiger partial charge on any atom is -0.355 e. The van der Waals surface area contributed by atoms with Crippen LogP contribution in [-0.2, 0) is 32.5 Å². The Morgan fingerprint density at radius 1 is 1.13 bits per heavy atom. The molecule has 2 aromatic rings. The lowest BCUT2D eigenvalue weighted by molar-refractivity contribution is -0.121. The summed E-state index contributed by atoms with van der Waals surface area (Å²) < 4.78 is 26.8. The molecule has 0 saturated carbocycles. The van der Waals surface area contributed by atoms with Gasteiger partial charge in [-0.2, -0.15) is 4.31 Å². The van der Waals surface area contributed by atoms with E-state index in [1.807, 2.05) is 30.3 Å². The van der Waals surface area contributed by atoms with Crippen LogP contribution in [0.1, 0.15) is 30.4 Å². The topological polar surface area (TPSA) is 95.6 Å². The predicted molar refractivity (Wildman–Crippen MR) is 116 cm³/mol. The zero-order chi connectivity index (χ0) is 21.6. The summed E-state index contributed by atoms with van der Waals surface area (Å²) in [5.74, 6) is -0.401. The van der Waals surface area contributed by atoms with E-state index < -0.39 is 10.0 Å². The molecule has 0 spiro atoms. The van der Waals surface area contributed by atoms with E-state index in [0.29, 0.717) is 31.5 Å². The molecule has 1 heterocycles. The number of anilines is 1. The number of carbonyl (C=O) groups excluding carboxylic acids is 2. The van der Waals surface area contributed by atoms with Crippen molar-refractivity contribution >= 4 is 27.5 Å². The minimum atomic E-state index is -3.81. The number of hydrogen-bond acceptors (Lipinski definition) is 4.